The normalized spacial score (nSPS) is 11.4. The first-order valence-corrected chi connectivity index (χ1v) is 4.64. The first-order valence-electron chi connectivity index (χ1n) is 4.64. The van der Waals surface area contributed by atoms with E-state index in [1.807, 2.05) is 25.2 Å². The highest BCUT2D eigenvalue weighted by atomic mass is 15.0. The van der Waals surface area contributed by atoms with Gasteiger partial charge in [0.05, 0.1) is 0 Å². The third kappa shape index (κ3) is 2.90. The van der Waals surface area contributed by atoms with Crippen molar-refractivity contribution in [2.24, 2.45) is 4.99 Å². The number of nitrogens with zero attached hydrogens (tertiary/aromatic N) is 1. The second kappa shape index (κ2) is 5.36. The lowest BCUT2D eigenvalue weighted by atomic mass is 10.2. The molecule has 2 nitrogen and oxygen atoms in total. The summed E-state index contributed by atoms with van der Waals surface area (Å²) in [5, 5.41) is 3.29. The van der Waals surface area contributed by atoms with E-state index >= 15 is 0 Å². The van der Waals surface area contributed by atoms with Gasteiger partial charge in [-0.25, -0.2) is 0 Å². The molecule has 0 aliphatic carbocycles. The van der Waals surface area contributed by atoms with Crippen LogP contribution >= 0.6 is 0 Å². The van der Waals surface area contributed by atoms with Crippen LogP contribution in [-0.4, -0.2) is 19.4 Å². The molecule has 0 aromatic heterocycles. The quantitative estimate of drug-likeness (QED) is 0.553. The number of benzene rings is 1. The summed E-state index contributed by atoms with van der Waals surface area (Å²) in [5.41, 5.74) is 1.15. The highest BCUT2D eigenvalue weighted by Gasteiger charge is 1.98. The molecule has 0 atom stereocenters. The zero-order valence-electron chi connectivity index (χ0n) is 8.25. The standard InChI is InChI=1S/C11H16N2/c1-3-9-13-11(12-2)10-7-5-4-6-8-10/h4-8H,3,9H2,1-2H3,(H,12,13). The molecule has 0 aliphatic heterocycles. The third-order valence-corrected chi connectivity index (χ3v) is 1.81. The minimum Gasteiger partial charge on any atom is -0.370 e. The van der Waals surface area contributed by atoms with E-state index in [2.05, 4.69) is 29.4 Å². The minimum absolute atomic E-state index is 0.974. The zero-order chi connectivity index (χ0) is 9.52. The Labute approximate surface area is 79.7 Å². The average molecular weight is 176 g/mol. The van der Waals surface area contributed by atoms with E-state index in [0.29, 0.717) is 0 Å². The van der Waals surface area contributed by atoms with Crippen molar-refractivity contribution < 1.29 is 0 Å². The van der Waals surface area contributed by atoms with Crippen molar-refractivity contribution in [3.05, 3.63) is 35.9 Å². The summed E-state index contributed by atoms with van der Waals surface area (Å²) in [4.78, 5) is 4.20. The van der Waals surface area contributed by atoms with Crippen LogP contribution in [0.1, 0.15) is 18.9 Å². The van der Waals surface area contributed by atoms with Crippen molar-refractivity contribution in [1.82, 2.24) is 5.32 Å². The second-order valence-corrected chi connectivity index (χ2v) is 2.87. The summed E-state index contributed by atoms with van der Waals surface area (Å²) < 4.78 is 0. The molecule has 0 amide bonds. The van der Waals surface area contributed by atoms with Crippen molar-refractivity contribution in [2.45, 2.75) is 13.3 Å². The SMILES string of the molecule is CCCNC(=NC)c1ccccc1. The molecule has 1 N–H and O–H groups in total. The maximum Gasteiger partial charge on any atom is 0.127 e. The van der Waals surface area contributed by atoms with Crippen LogP contribution in [0.2, 0.25) is 0 Å². The van der Waals surface area contributed by atoms with E-state index in [1.165, 1.54) is 0 Å². The lowest BCUT2D eigenvalue weighted by Crippen LogP contribution is -2.24. The van der Waals surface area contributed by atoms with Gasteiger partial charge in [0.25, 0.3) is 0 Å². The van der Waals surface area contributed by atoms with E-state index < -0.39 is 0 Å². The number of rotatable bonds is 3. The average Bonchev–Trinajstić information content (AvgIpc) is 2.21. The Hall–Kier alpha value is -1.31. The van der Waals surface area contributed by atoms with Gasteiger partial charge in [0.2, 0.25) is 0 Å². The predicted octanol–water partition coefficient (Wildman–Crippen LogP) is 2.06. The summed E-state index contributed by atoms with van der Waals surface area (Å²) in [7, 11) is 1.81. The highest BCUT2D eigenvalue weighted by Crippen LogP contribution is 1.98. The Morgan fingerprint density at radius 2 is 2.00 bits per heavy atom. The number of nitrogens with one attached hydrogen (secondary N) is 1. The first kappa shape index (κ1) is 9.78. The van der Waals surface area contributed by atoms with Gasteiger partial charge in [-0.1, -0.05) is 37.3 Å². The van der Waals surface area contributed by atoms with Crippen LogP contribution in [0.25, 0.3) is 0 Å². The summed E-state index contributed by atoms with van der Waals surface area (Å²) in [5.74, 6) is 0.974. The molecule has 0 radical (unpaired) electrons. The number of amidine groups is 1. The molecule has 1 rings (SSSR count). The maximum atomic E-state index is 4.20. The molecule has 2 heteroatoms. The Morgan fingerprint density at radius 3 is 2.54 bits per heavy atom. The van der Waals surface area contributed by atoms with Crippen LogP contribution < -0.4 is 5.32 Å². The Morgan fingerprint density at radius 1 is 1.31 bits per heavy atom. The largest absolute Gasteiger partial charge is 0.370 e. The van der Waals surface area contributed by atoms with Gasteiger partial charge in [0.15, 0.2) is 0 Å². The van der Waals surface area contributed by atoms with E-state index in [0.717, 1.165) is 24.4 Å². The molecular formula is C11H16N2. The lowest BCUT2D eigenvalue weighted by molar-refractivity contribution is 0.838. The van der Waals surface area contributed by atoms with Crippen molar-refractivity contribution in [2.75, 3.05) is 13.6 Å². The number of aliphatic imine (C=N–C) groups is 1. The van der Waals surface area contributed by atoms with E-state index in [4.69, 9.17) is 0 Å². The fourth-order valence-corrected chi connectivity index (χ4v) is 1.15. The zero-order valence-corrected chi connectivity index (χ0v) is 8.25. The Balaban J connectivity index is 2.69. The van der Waals surface area contributed by atoms with Crippen LogP contribution in [0.3, 0.4) is 0 Å². The van der Waals surface area contributed by atoms with Gasteiger partial charge in [-0.15, -0.1) is 0 Å². The molecular weight excluding hydrogens is 160 g/mol. The smallest absolute Gasteiger partial charge is 0.127 e. The van der Waals surface area contributed by atoms with Crippen molar-refractivity contribution in [3.8, 4) is 0 Å². The van der Waals surface area contributed by atoms with Crippen molar-refractivity contribution >= 4 is 5.84 Å². The fraction of sp³-hybridized carbons (Fsp3) is 0.364. The fourth-order valence-electron chi connectivity index (χ4n) is 1.15. The Bertz CT molecular complexity index is 265. The molecule has 0 aliphatic rings. The molecule has 0 fully saturated rings. The van der Waals surface area contributed by atoms with Crippen molar-refractivity contribution in [1.29, 1.82) is 0 Å². The van der Waals surface area contributed by atoms with Gasteiger partial charge in [-0.2, -0.15) is 0 Å². The highest BCUT2D eigenvalue weighted by molar-refractivity contribution is 5.98. The molecule has 13 heavy (non-hydrogen) atoms. The van der Waals surface area contributed by atoms with Crippen molar-refractivity contribution in [3.63, 3.8) is 0 Å². The summed E-state index contributed by atoms with van der Waals surface area (Å²) in [6.45, 7) is 3.12. The second-order valence-electron chi connectivity index (χ2n) is 2.87. The lowest BCUT2D eigenvalue weighted by Gasteiger charge is -2.07. The number of hydrogen-bond donors (Lipinski definition) is 1. The third-order valence-electron chi connectivity index (χ3n) is 1.81. The van der Waals surface area contributed by atoms with Crippen LogP contribution in [0, 0.1) is 0 Å². The summed E-state index contributed by atoms with van der Waals surface area (Å²) >= 11 is 0. The van der Waals surface area contributed by atoms with Gasteiger partial charge in [0, 0.05) is 19.2 Å². The molecule has 1 aromatic carbocycles. The molecule has 0 saturated heterocycles. The van der Waals surface area contributed by atoms with Gasteiger partial charge in [-0.05, 0) is 6.42 Å². The van der Waals surface area contributed by atoms with Crippen LogP contribution in [-0.2, 0) is 0 Å². The molecule has 0 spiro atoms. The molecule has 0 heterocycles. The summed E-state index contributed by atoms with van der Waals surface area (Å²) in [6, 6.07) is 10.2. The van der Waals surface area contributed by atoms with E-state index in [-0.39, 0.29) is 0 Å². The van der Waals surface area contributed by atoms with Crippen LogP contribution in [0.5, 0.6) is 0 Å². The van der Waals surface area contributed by atoms with Gasteiger partial charge in [0.1, 0.15) is 5.84 Å². The summed E-state index contributed by atoms with van der Waals surface area (Å²) in [6.07, 6.45) is 1.12. The molecule has 0 bridgehead atoms. The van der Waals surface area contributed by atoms with Gasteiger partial charge < -0.3 is 5.32 Å². The molecule has 0 unspecified atom stereocenters. The topological polar surface area (TPSA) is 24.4 Å². The minimum atomic E-state index is 0.974. The van der Waals surface area contributed by atoms with E-state index in [9.17, 15) is 0 Å². The van der Waals surface area contributed by atoms with Gasteiger partial charge in [-0.3, -0.25) is 4.99 Å². The molecule has 1 aromatic rings. The first-order chi connectivity index (χ1) is 6.38. The molecule has 70 valence electrons. The monoisotopic (exact) mass is 176 g/mol. The van der Waals surface area contributed by atoms with E-state index in [1.54, 1.807) is 0 Å². The molecule has 0 saturated carbocycles. The maximum absolute atomic E-state index is 4.20. The van der Waals surface area contributed by atoms with Crippen LogP contribution in [0.4, 0.5) is 0 Å². The van der Waals surface area contributed by atoms with Crippen LogP contribution in [0.15, 0.2) is 35.3 Å². The predicted molar refractivity (Wildman–Crippen MR) is 57.2 cm³/mol. The van der Waals surface area contributed by atoms with Gasteiger partial charge >= 0.3 is 0 Å². The number of hydrogen-bond acceptors (Lipinski definition) is 1. The Kier molecular flexibility index (Phi) is 4.03.